The predicted octanol–water partition coefficient (Wildman–Crippen LogP) is 0.911. The molecule has 0 aromatic heterocycles. The number of hydrogen-bond acceptors (Lipinski definition) is 4. The standard InChI is InChI=1S/C19H38N6O.HI/c1-16(15-24-11-9-23(4)10-12-24)14-22-19(21-3)25-7-5-17(6-8-25)13-18(26)20-2;/h16-17H,5-15H2,1-4H3,(H,20,26)(H,21,22);1H. The molecule has 0 spiro atoms. The van der Waals surface area contributed by atoms with E-state index in [0.717, 1.165) is 45.0 Å². The summed E-state index contributed by atoms with van der Waals surface area (Å²) in [4.78, 5) is 23.3. The van der Waals surface area contributed by atoms with Gasteiger partial charge in [-0.25, -0.2) is 0 Å². The Morgan fingerprint density at radius 2 is 1.78 bits per heavy atom. The molecule has 1 amide bonds. The fraction of sp³-hybridized carbons (Fsp3) is 0.895. The summed E-state index contributed by atoms with van der Waals surface area (Å²) in [5.74, 6) is 2.26. The number of hydrogen-bond donors (Lipinski definition) is 2. The second-order valence-corrected chi connectivity index (χ2v) is 7.94. The molecule has 1 unspecified atom stereocenters. The molecular weight excluding hydrogens is 455 g/mol. The predicted molar refractivity (Wildman–Crippen MR) is 123 cm³/mol. The quantitative estimate of drug-likeness (QED) is 0.327. The molecule has 2 aliphatic heterocycles. The third-order valence-electron chi connectivity index (χ3n) is 5.65. The van der Waals surface area contributed by atoms with Crippen molar-refractivity contribution >= 4 is 35.8 Å². The van der Waals surface area contributed by atoms with Gasteiger partial charge in [-0.05, 0) is 31.7 Å². The molecule has 158 valence electrons. The average Bonchev–Trinajstić information content (AvgIpc) is 2.65. The number of guanidine groups is 1. The summed E-state index contributed by atoms with van der Waals surface area (Å²) in [6.07, 6.45) is 2.77. The van der Waals surface area contributed by atoms with Crippen LogP contribution in [0.15, 0.2) is 4.99 Å². The first kappa shape index (κ1) is 24.4. The second-order valence-electron chi connectivity index (χ2n) is 7.94. The third-order valence-corrected chi connectivity index (χ3v) is 5.65. The molecule has 0 radical (unpaired) electrons. The number of piperidine rings is 1. The van der Waals surface area contributed by atoms with Gasteiger partial charge in [-0.15, -0.1) is 24.0 Å². The lowest BCUT2D eigenvalue weighted by Gasteiger charge is -2.35. The molecule has 0 aliphatic carbocycles. The van der Waals surface area contributed by atoms with Crippen LogP contribution in [0.3, 0.4) is 0 Å². The van der Waals surface area contributed by atoms with Crippen LogP contribution in [-0.4, -0.2) is 100 Å². The summed E-state index contributed by atoms with van der Waals surface area (Å²) in [6.45, 7) is 11.1. The topological polar surface area (TPSA) is 63.2 Å². The summed E-state index contributed by atoms with van der Waals surface area (Å²) < 4.78 is 0. The minimum absolute atomic E-state index is 0. The highest BCUT2D eigenvalue weighted by atomic mass is 127. The molecule has 2 N–H and O–H groups in total. The molecule has 2 aliphatic rings. The van der Waals surface area contributed by atoms with Gasteiger partial charge >= 0.3 is 0 Å². The van der Waals surface area contributed by atoms with Crippen molar-refractivity contribution in [3.63, 3.8) is 0 Å². The fourth-order valence-corrected chi connectivity index (χ4v) is 3.85. The lowest BCUT2D eigenvalue weighted by atomic mass is 9.93. The SMILES string of the molecule is CN=C(NCC(C)CN1CCN(C)CC1)N1CCC(CC(=O)NC)CC1.I. The van der Waals surface area contributed by atoms with Gasteiger partial charge in [-0.2, -0.15) is 0 Å². The normalized spacial score (nSPS) is 21.5. The number of nitrogens with one attached hydrogen (secondary N) is 2. The number of carbonyl (C=O) groups is 1. The molecule has 8 heteroatoms. The van der Waals surface area contributed by atoms with Crippen molar-refractivity contribution in [3.05, 3.63) is 0 Å². The Kier molecular flexibility index (Phi) is 11.6. The lowest BCUT2D eigenvalue weighted by molar-refractivity contribution is -0.121. The molecule has 0 saturated carbocycles. The van der Waals surface area contributed by atoms with Gasteiger partial charge in [0.05, 0.1) is 0 Å². The Balaban J connectivity index is 0.00000364. The van der Waals surface area contributed by atoms with E-state index < -0.39 is 0 Å². The Labute approximate surface area is 182 Å². The van der Waals surface area contributed by atoms with Crippen molar-refractivity contribution in [2.45, 2.75) is 26.2 Å². The maximum atomic E-state index is 11.5. The molecule has 27 heavy (non-hydrogen) atoms. The molecule has 0 aromatic rings. The largest absolute Gasteiger partial charge is 0.359 e. The second kappa shape index (κ2) is 12.8. The molecule has 2 heterocycles. The third kappa shape index (κ3) is 8.51. The first-order valence-electron chi connectivity index (χ1n) is 10.1. The lowest BCUT2D eigenvalue weighted by Crippen LogP contribution is -2.49. The number of halogens is 1. The smallest absolute Gasteiger partial charge is 0.220 e. The van der Waals surface area contributed by atoms with Crippen molar-refractivity contribution in [1.29, 1.82) is 0 Å². The maximum Gasteiger partial charge on any atom is 0.220 e. The number of aliphatic imine (C=N–C) groups is 1. The van der Waals surface area contributed by atoms with E-state index in [4.69, 9.17) is 0 Å². The molecule has 2 fully saturated rings. The molecule has 7 nitrogen and oxygen atoms in total. The molecule has 0 bridgehead atoms. The summed E-state index contributed by atoms with van der Waals surface area (Å²) in [7, 11) is 5.78. The van der Waals surface area contributed by atoms with Gasteiger partial charge in [0.25, 0.3) is 0 Å². The number of likely N-dealkylation sites (N-methyl/N-ethyl adjacent to an activating group) is 1. The summed E-state index contributed by atoms with van der Waals surface area (Å²) in [6, 6.07) is 0. The Bertz CT molecular complexity index is 459. The van der Waals surface area contributed by atoms with Crippen molar-refractivity contribution in [3.8, 4) is 0 Å². The minimum atomic E-state index is 0. The molecule has 2 saturated heterocycles. The van der Waals surface area contributed by atoms with Gasteiger partial charge < -0.3 is 25.3 Å². The number of likely N-dealkylation sites (tertiary alicyclic amines) is 1. The van der Waals surface area contributed by atoms with Crippen LogP contribution in [0.25, 0.3) is 0 Å². The molecule has 1 atom stereocenters. The maximum absolute atomic E-state index is 11.5. The number of nitrogens with zero attached hydrogens (tertiary/aromatic N) is 4. The molecular formula is C19H39IN6O. The monoisotopic (exact) mass is 494 g/mol. The number of carbonyl (C=O) groups excluding carboxylic acids is 1. The van der Waals surface area contributed by atoms with E-state index in [1.54, 1.807) is 7.05 Å². The average molecular weight is 494 g/mol. The van der Waals surface area contributed by atoms with E-state index in [-0.39, 0.29) is 29.9 Å². The van der Waals surface area contributed by atoms with Crippen LogP contribution in [0.5, 0.6) is 0 Å². The number of piperazine rings is 1. The van der Waals surface area contributed by atoms with Crippen LogP contribution in [0, 0.1) is 11.8 Å². The van der Waals surface area contributed by atoms with Crippen LogP contribution in [0.4, 0.5) is 0 Å². The molecule has 2 rings (SSSR count). The van der Waals surface area contributed by atoms with E-state index in [1.807, 2.05) is 7.05 Å². The first-order valence-corrected chi connectivity index (χ1v) is 10.1. The van der Waals surface area contributed by atoms with Crippen LogP contribution in [-0.2, 0) is 4.79 Å². The van der Waals surface area contributed by atoms with Gasteiger partial charge in [0, 0.05) is 72.9 Å². The van der Waals surface area contributed by atoms with Crippen molar-refractivity contribution in [2.75, 3.05) is 73.5 Å². The Morgan fingerprint density at radius 1 is 1.15 bits per heavy atom. The van der Waals surface area contributed by atoms with E-state index in [0.29, 0.717) is 18.3 Å². The van der Waals surface area contributed by atoms with Crippen molar-refractivity contribution in [2.24, 2.45) is 16.8 Å². The van der Waals surface area contributed by atoms with E-state index >= 15 is 0 Å². The minimum Gasteiger partial charge on any atom is -0.359 e. The van der Waals surface area contributed by atoms with Crippen LogP contribution < -0.4 is 10.6 Å². The fourth-order valence-electron chi connectivity index (χ4n) is 3.85. The van der Waals surface area contributed by atoms with E-state index in [9.17, 15) is 4.79 Å². The van der Waals surface area contributed by atoms with E-state index in [1.165, 1.54) is 26.2 Å². The summed E-state index contributed by atoms with van der Waals surface area (Å²) >= 11 is 0. The van der Waals surface area contributed by atoms with Crippen LogP contribution in [0.2, 0.25) is 0 Å². The Morgan fingerprint density at radius 3 is 2.33 bits per heavy atom. The van der Waals surface area contributed by atoms with Crippen LogP contribution >= 0.6 is 24.0 Å². The van der Waals surface area contributed by atoms with Gasteiger partial charge in [0.2, 0.25) is 5.91 Å². The summed E-state index contributed by atoms with van der Waals surface area (Å²) in [5.41, 5.74) is 0. The number of rotatable bonds is 6. The molecule has 0 aromatic carbocycles. The highest BCUT2D eigenvalue weighted by molar-refractivity contribution is 14.0. The number of amides is 1. The van der Waals surface area contributed by atoms with Gasteiger partial charge in [0.1, 0.15) is 0 Å². The van der Waals surface area contributed by atoms with E-state index in [2.05, 4.69) is 44.3 Å². The van der Waals surface area contributed by atoms with Gasteiger partial charge in [0.15, 0.2) is 5.96 Å². The zero-order valence-corrected chi connectivity index (χ0v) is 19.9. The van der Waals surface area contributed by atoms with Crippen molar-refractivity contribution < 1.29 is 4.79 Å². The Hall–Kier alpha value is -0.610. The summed E-state index contributed by atoms with van der Waals surface area (Å²) in [5, 5.41) is 6.29. The van der Waals surface area contributed by atoms with Gasteiger partial charge in [-0.3, -0.25) is 9.79 Å². The van der Waals surface area contributed by atoms with Crippen molar-refractivity contribution in [1.82, 2.24) is 25.3 Å². The van der Waals surface area contributed by atoms with Crippen LogP contribution in [0.1, 0.15) is 26.2 Å². The zero-order valence-electron chi connectivity index (χ0n) is 17.5. The highest BCUT2D eigenvalue weighted by Gasteiger charge is 2.23. The highest BCUT2D eigenvalue weighted by Crippen LogP contribution is 2.20. The van der Waals surface area contributed by atoms with Gasteiger partial charge in [-0.1, -0.05) is 6.92 Å². The first-order chi connectivity index (χ1) is 12.5. The zero-order chi connectivity index (χ0) is 18.9.